The standard InChI is InChI=1S/C15H26O/c1-14-11-9-7-5-3-2-4-6-8-10-12-15(16)13-14/h7,9,14H,2-6,8,10-13H2,1H3/b9-7-/t14-/m0/s1. The maximum Gasteiger partial charge on any atom is 0.133 e. The Balaban J connectivity index is 2.33. The highest BCUT2D eigenvalue weighted by molar-refractivity contribution is 5.78. The lowest BCUT2D eigenvalue weighted by molar-refractivity contribution is -0.119. The average Bonchev–Trinajstić information content (AvgIpc) is 2.25. The summed E-state index contributed by atoms with van der Waals surface area (Å²) in [7, 11) is 0. The van der Waals surface area contributed by atoms with Crippen LogP contribution in [0.4, 0.5) is 0 Å². The second kappa shape index (κ2) is 8.55. The van der Waals surface area contributed by atoms with Crippen LogP contribution in [0, 0.1) is 5.92 Å². The first-order valence-electron chi connectivity index (χ1n) is 6.95. The molecule has 1 atom stereocenters. The lowest BCUT2D eigenvalue weighted by Gasteiger charge is -2.08. The van der Waals surface area contributed by atoms with Crippen LogP contribution in [0.15, 0.2) is 12.2 Å². The van der Waals surface area contributed by atoms with Gasteiger partial charge in [-0.3, -0.25) is 4.79 Å². The molecular formula is C15H26O. The van der Waals surface area contributed by atoms with Crippen molar-refractivity contribution in [1.82, 2.24) is 0 Å². The average molecular weight is 222 g/mol. The number of carbonyl (C=O) groups is 1. The SMILES string of the molecule is C[C@H]1C/C=C\CCCCCCCCC(=O)C1. The van der Waals surface area contributed by atoms with E-state index in [0.29, 0.717) is 11.7 Å². The minimum absolute atomic E-state index is 0.470. The van der Waals surface area contributed by atoms with E-state index in [0.717, 1.165) is 25.7 Å². The van der Waals surface area contributed by atoms with Gasteiger partial charge in [0.25, 0.3) is 0 Å². The van der Waals surface area contributed by atoms with Gasteiger partial charge in [0.05, 0.1) is 0 Å². The molecule has 0 radical (unpaired) electrons. The summed E-state index contributed by atoms with van der Waals surface area (Å²) in [6, 6.07) is 0. The van der Waals surface area contributed by atoms with Crippen LogP contribution in [0.3, 0.4) is 0 Å². The number of carbonyl (C=O) groups excluding carboxylic acids is 1. The maximum atomic E-state index is 11.6. The van der Waals surface area contributed by atoms with Crippen molar-refractivity contribution in [3.05, 3.63) is 12.2 Å². The molecule has 0 aromatic carbocycles. The lowest BCUT2D eigenvalue weighted by Crippen LogP contribution is -2.04. The van der Waals surface area contributed by atoms with E-state index in [-0.39, 0.29) is 0 Å². The third-order valence-corrected chi connectivity index (χ3v) is 3.36. The molecule has 0 saturated carbocycles. The number of hydrogen-bond donors (Lipinski definition) is 0. The van der Waals surface area contributed by atoms with E-state index < -0.39 is 0 Å². The van der Waals surface area contributed by atoms with Crippen LogP contribution in [0.25, 0.3) is 0 Å². The predicted octanol–water partition coefficient (Wildman–Crippen LogP) is 4.66. The third-order valence-electron chi connectivity index (χ3n) is 3.36. The molecule has 1 rings (SSSR count). The van der Waals surface area contributed by atoms with Crippen LogP contribution < -0.4 is 0 Å². The topological polar surface area (TPSA) is 17.1 Å². The van der Waals surface area contributed by atoms with Crippen molar-refractivity contribution in [3.63, 3.8) is 0 Å². The molecule has 0 amide bonds. The van der Waals surface area contributed by atoms with Crippen molar-refractivity contribution in [3.8, 4) is 0 Å². The minimum Gasteiger partial charge on any atom is -0.300 e. The van der Waals surface area contributed by atoms with Crippen molar-refractivity contribution in [2.45, 2.75) is 71.1 Å². The molecule has 0 heterocycles. The van der Waals surface area contributed by atoms with E-state index in [1.165, 1.54) is 38.5 Å². The molecule has 1 aliphatic rings. The van der Waals surface area contributed by atoms with Gasteiger partial charge in [-0.1, -0.05) is 44.8 Å². The molecule has 0 aromatic heterocycles. The Hall–Kier alpha value is -0.590. The van der Waals surface area contributed by atoms with Gasteiger partial charge in [-0.15, -0.1) is 0 Å². The number of hydrogen-bond acceptors (Lipinski definition) is 1. The minimum atomic E-state index is 0.470. The molecule has 16 heavy (non-hydrogen) atoms. The van der Waals surface area contributed by atoms with Gasteiger partial charge in [-0.25, -0.2) is 0 Å². The van der Waals surface area contributed by atoms with E-state index in [2.05, 4.69) is 19.1 Å². The molecular weight excluding hydrogens is 196 g/mol. The van der Waals surface area contributed by atoms with Crippen LogP contribution >= 0.6 is 0 Å². The first-order valence-corrected chi connectivity index (χ1v) is 6.95. The molecule has 92 valence electrons. The van der Waals surface area contributed by atoms with Gasteiger partial charge < -0.3 is 0 Å². The van der Waals surface area contributed by atoms with E-state index >= 15 is 0 Å². The highest BCUT2D eigenvalue weighted by Gasteiger charge is 2.07. The Kier molecular flexibility index (Phi) is 7.20. The van der Waals surface area contributed by atoms with Gasteiger partial charge in [0.1, 0.15) is 5.78 Å². The number of allylic oxidation sites excluding steroid dienone is 2. The summed E-state index contributed by atoms with van der Waals surface area (Å²) in [6.07, 6.45) is 16.2. The largest absolute Gasteiger partial charge is 0.300 e. The fourth-order valence-corrected chi connectivity index (χ4v) is 2.31. The van der Waals surface area contributed by atoms with Crippen LogP contribution in [-0.2, 0) is 4.79 Å². The van der Waals surface area contributed by atoms with Gasteiger partial charge in [0.2, 0.25) is 0 Å². The summed E-state index contributed by atoms with van der Waals surface area (Å²) in [5.41, 5.74) is 0. The second-order valence-electron chi connectivity index (χ2n) is 5.22. The Morgan fingerprint density at radius 1 is 1.00 bits per heavy atom. The predicted molar refractivity (Wildman–Crippen MR) is 69.5 cm³/mol. The van der Waals surface area contributed by atoms with Crippen LogP contribution in [-0.4, -0.2) is 5.78 Å². The Morgan fingerprint density at radius 3 is 2.50 bits per heavy atom. The summed E-state index contributed by atoms with van der Waals surface area (Å²) in [5, 5.41) is 0. The third kappa shape index (κ3) is 6.81. The van der Waals surface area contributed by atoms with E-state index in [1.54, 1.807) is 0 Å². The van der Waals surface area contributed by atoms with Gasteiger partial charge in [0, 0.05) is 12.8 Å². The fourth-order valence-electron chi connectivity index (χ4n) is 2.31. The van der Waals surface area contributed by atoms with Crippen molar-refractivity contribution in [1.29, 1.82) is 0 Å². The summed E-state index contributed by atoms with van der Waals surface area (Å²) in [4.78, 5) is 11.6. The quantitative estimate of drug-likeness (QED) is 0.545. The van der Waals surface area contributed by atoms with E-state index in [1.807, 2.05) is 0 Å². The Bertz CT molecular complexity index is 217. The number of rotatable bonds is 0. The summed E-state index contributed by atoms with van der Waals surface area (Å²) < 4.78 is 0. The first-order chi connectivity index (χ1) is 7.79. The molecule has 0 N–H and O–H groups in total. The lowest BCUT2D eigenvalue weighted by atomic mass is 9.97. The molecule has 0 saturated heterocycles. The smallest absolute Gasteiger partial charge is 0.133 e. The van der Waals surface area contributed by atoms with Crippen molar-refractivity contribution in [2.75, 3.05) is 0 Å². The summed E-state index contributed by atoms with van der Waals surface area (Å²) in [5.74, 6) is 1.00. The zero-order valence-electron chi connectivity index (χ0n) is 10.7. The summed E-state index contributed by atoms with van der Waals surface area (Å²) >= 11 is 0. The van der Waals surface area contributed by atoms with E-state index in [9.17, 15) is 4.79 Å². The molecule has 0 aromatic rings. The Labute approximate surface area is 100 Å². The van der Waals surface area contributed by atoms with Crippen molar-refractivity contribution >= 4 is 5.78 Å². The first kappa shape index (κ1) is 13.5. The number of Topliss-reactive ketones (excluding diaryl/α,β-unsaturated/α-hetero) is 1. The molecule has 0 bridgehead atoms. The molecule has 1 aliphatic carbocycles. The van der Waals surface area contributed by atoms with Gasteiger partial charge >= 0.3 is 0 Å². The summed E-state index contributed by atoms with van der Waals surface area (Å²) in [6.45, 7) is 2.19. The highest BCUT2D eigenvalue weighted by atomic mass is 16.1. The molecule has 0 spiro atoms. The van der Waals surface area contributed by atoms with Gasteiger partial charge in [0.15, 0.2) is 0 Å². The molecule has 1 heteroatoms. The fraction of sp³-hybridized carbons (Fsp3) is 0.800. The highest BCUT2D eigenvalue weighted by Crippen LogP contribution is 2.15. The molecule has 0 aliphatic heterocycles. The normalized spacial score (nSPS) is 28.3. The van der Waals surface area contributed by atoms with Gasteiger partial charge in [-0.05, 0) is 31.6 Å². The second-order valence-corrected chi connectivity index (χ2v) is 5.22. The maximum absolute atomic E-state index is 11.6. The molecule has 0 unspecified atom stereocenters. The zero-order chi connectivity index (χ0) is 11.6. The molecule has 0 fully saturated rings. The van der Waals surface area contributed by atoms with Crippen molar-refractivity contribution < 1.29 is 4.79 Å². The number of ketones is 1. The Morgan fingerprint density at radius 2 is 1.69 bits per heavy atom. The monoisotopic (exact) mass is 222 g/mol. The van der Waals surface area contributed by atoms with Crippen LogP contribution in [0.1, 0.15) is 71.1 Å². The molecule has 1 nitrogen and oxygen atoms in total. The van der Waals surface area contributed by atoms with Crippen LogP contribution in [0.5, 0.6) is 0 Å². The van der Waals surface area contributed by atoms with Crippen molar-refractivity contribution in [2.24, 2.45) is 5.92 Å². The zero-order valence-corrected chi connectivity index (χ0v) is 10.7. The van der Waals surface area contributed by atoms with Crippen LogP contribution in [0.2, 0.25) is 0 Å². The van der Waals surface area contributed by atoms with E-state index in [4.69, 9.17) is 0 Å². The van der Waals surface area contributed by atoms with Gasteiger partial charge in [-0.2, -0.15) is 0 Å².